The van der Waals surface area contributed by atoms with E-state index in [9.17, 15) is 14.4 Å². The highest BCUT2D eigenvalue weighted by Gasteiger charge is 2.35. The zero-order valence-corrected chi connectivity index (χ0v) is 15.3. The summed E-state index contributed by atoms with van der Waals surface area (Å²) in [5.74, 6) is -1.73. The van der Waals surface area contributed by atoms with Crippen LogP contribution in [0, 0.1) is 5.92 Å². The summed E-state index contributed by atoms with van der Waals surface area (Å²) in [5, 5.41) is 12.1. The molecule has 2 N–H and O–H groups in total. The van der Waals surface area contributed by atoms with Gasteiger partial charge in [-0.05, 0) is 36.2 Å². The number of benzene rings is 2. The Morgan fingerprint density at radius 1 is 1.19 bits per heavy atom. The maximum absolute atomic E-state index is 12.6. The van der Waals surface area contributed by atoms with E-state index in [2.05, 4.69) is 5.32 Å². The molecule has 0 bridgehead atoms. The molecule has 2 amide bonds. The second-order valence-electron chi connectivity index (χ2n) is 6.44. The van der Waals surface area contributed by atoms with Gasteiger partial charge in [-0.1, -0.05) is 35.9 Å². The molecule has 27 heavy (non-hydrogen) atoms. The quantitative estimate of drug-likeness (QED) is 0.797. The van der Waals surface area contributed by atoms with E-state index in [4.69, 9.17) is 16.7 Å². The molecule has 0 spiro atoms. The summed E-state index contributed by atoms with van der Waals surface area (Å²) < 4.78 is 0. The van der Waals surface area contributed by atoms with E-state index < -0.39 is 11.9 Å². The Morgan fingerprint density at radius 3 is 2.70 bits per heavy atom. The van der Waals surface area contributed by atoms with Crippen molar-refractivity contribution in [3.8, 4) is 0 Å². The maximum Gasteiger partial charge on any atom is 0.303 e. The molecule has 1 heterocycles. The molecule has 6 nitrogen and oxygen atoms in total. The minimum Gasteiger partial charge on any atom is -0.481 e. The van der Waals surface area contributed by atoms with Crippen molar-refractivity contribution in [3.63, 3.8) is 0 Å². The Balaban J connectivity index is 1.65. The minimum absolute atomic E-state index is 0.0291. The van der Waals surface area contributed by atoms with Crippen LogP contribution in [0.2, 0.25) is 5.02 Å². The second kappa shape index (κ2) is 8.22. The van der Waals surface area contributed by atoms with Gasteiger partial charge in [0.15, 0.2) is 0 Å². The van der Waals surface area contributed by atoms with Gasteiger partial charge in [-0.2, -0.15) is 0 Å². The van der Waals surface area contributed by atoms with Gasteiger partial charge in [-0.25, -0.2) is 0 Å². The highest BCUT2D eigenvalue weighted by molar-refractivity contribution is 6.33. The predicted molar refractivity (Wildman–Crippen MR) is 103 cm³/mol. The maximum atomic E-state index is 12.6. The van der Waals surface area contributed by atoms with E-state index in [0.717, 1.165) is 5.56 Å². The number of carbonyl (C=O) groups excluding carboxylic acids is 2. The van der Waals surface area contributed by atoms with Crippen LogP contribution in [0.15, 0.2) is 48.5 Å². The Labute approximate surface area is 161 Å². The van der Waals surface area contributed by atoms with Crippen molar-refractivity contribution < 1.29 is 19.5 Å². The molecule has 0 aliphatic carbocycles. The van der Waals surface area contributed by atoms with Gasteiger partial charge < -0.3 is 15.3 Å². The van der Waals surface area contributed by atoms with Crippen molar-refractivity contribution in [3.05, 3.63) is 59.1 Å². The predicted octanol–water partition coefficient (Wildman–Crippen LogP) is 3.35. The van der Waals surface area contributed by atoms with Gasteiger partial charge in [-0.15, -0.1) is 0 Å². The van der Waals surface area contributed by atoms with E-state index in [-0.39, 0.29) is 31.2 Å². The molecular formula is C20H19ClN2O4. The molecule has 1 fully saturated rings. The van der Waals surface area contributed by atoms with E-state index >= 15 is 0 Å². The Hall–Kier alpha value is -2.86. The number of halogens is 1. The number of nitrogens with zero attached hydrogens (tertiary/aromatic N) is 1. The van der Waals surface area contributed by atoms with Gasteiger partial charge >= 0.3 is 5.97 Å². The normalized spacial score (nSPS) is 16.4. The van der Waals surface area contributed by atoms with Gasteiger partial charge in [0.25, 0.3) is 0 Å². The first-order valence-electron chi connectivity index (χ1n) is 8.60. The van der Waals surface area contributed by atoms with Crippen LogP contribution in [0.1, 0.15) is 18.4 Å². The van der Waals surface area contributed by atoms with Crippen LogP contribution in [0.4, 0.5) is 11.4 Å². The number of carboxylic acid groups (broad SMARTS) is 1. The van der Waals surface area contributed by atoms with Crippen LogP contribution in [0.25, 0.3) is 0 Å². The van der Waals surface area contributed by atoms with Gasteiger partial charge in [0.05, 0.1) is 16.6 Å². The number of carboxylic acids is 1. The summed E-state index contributed by atoms with van der Waals surface area (Å²) in [7, 11) is 0. The molecule has 0 saturated carbocycles. The summed E-state index contributed by atoms with van der Waals surface area (Å²) in [5.41, 5.74) is 2.03. The zero-order valence-electron chi connectivity index (χ0n) is 14.5. The molecule has 1 atom stereocenters. The van der Waals surface area contributed by atoms with E-state index in [1.807, 2.05) is 6.07 Å². The highest BCUT2D eigenvalue weighted by Crippen LogP contribution is 2.31. The summed E-state index contributed by atoms with van der Waals surface area (Å²) in [6, 6.07) is 14.1. The molecule has 2 aromatic rings. The first-order chi connectivity index (χ1) is 12.9. The van der Waals surface area contributed by atoms with Crippen molar-refractivity contribution in [2.75, 3.05) is 16.8 Å². The highest BCUT2D eigenvalue weighted by atomic mass is 35.5. The lowest BCUT2D eigenvalue weighted by Crippen LogP contribution is -2.28. The number of nitrogens with one attached hydrogen (secondary N) is 1. The van der Waals surface area contributed by atoms with Crippen LogP contribution in [0.3, 0.4) is 0 Å². The molecular weight excluding hydrogens is 368 g/mol. The Bertz CT molecular complexity index is 884. The monoisotopic (exact) mass is 386 g/mol. The number of hydrogen-bond acceptors (Lipinski definition) is 3. The van der Waals surface area contributed by atoms with E-state index in [1.54, 1.807) is 42.5 Å². The van der Waals surface area contributed by atoms with Crippen molar-refractivity contribution in [2.24, 2.45) is 5.92 Å². The van der Waals surface area contributed by atoms with Gasteiger partial charge in [-0.3, -0.25) is 14.4 Å². The number of anilines is 2. The number of aliphatic carboxylic acids is 1. The largest absolute Gasteiger partial charge is 0.481 e. The molecule has 140 valence electrons. The molecule has 7 heteroatoms. The molecule has 1 unspecified atom stereocenters. The molecule has 0 radical (unpaired) electrons. The van der Waals surface area contributed by atoms with Crippen LogP contribution >= 0.6 is 11.6 Å². The first kappa shape index (κ1) is 18.9. The van der Waals surface area contributed by atoms with Crippen molar-refractivity contribution in [2.45, 2.75) is 19.3 Å². The van der Waals surface area contributed by atoms with Crippen molar-refractivity contribution >= 4 is 40.8 Å². The van der Waals surface area contributed by atoms with Crippen molar-refractivity contribution in [1.29, 1.82) is 0 Å². The number of aryl methyl sites for hydroxylation is 1. The average molecular weight is 387 g/mol. The fourth-order valence-corrected chi connectivity index (χ4v) is 3.32. The first-order valence-corrected chi connectivity index (χ1v) is 8.98. The molecule has 1 saturated heterocycles. The van der Waals surface area contributed by atoms with E-state index in [1.165, 1.54) is 4.90 Å². The molecule has 1 aliphatic rings. The fraction of sp³-hybridized carbons (Fsp3) is 0.250. The summed E-state index contributed by atoms with van der Waals surface area (Å²) in [4.78, 5) is 37.1. The smallest absolute Gasteiger partial charge is 0.303 e. The van der Waals surface area contributed by atoms with Gasteiger partial charge in [0.2, 0.25) is 11.8 Å². The third kappa shape index (κ3) is 4.65. The lowest BCUT2D eigenvalue weighted by Gasteiger charge is -2.18. The lowest BCUT2D eigenvalue weighted by molar-refractivity contribution is -0.137. The third-order valence-corrected chi connectivity index (χ3v) is 4.78. The topological polar surface area (TPSA) is 86.7 Å². The SMILES string of the molecule is O=C(O)CCc1cccc(NC(=O)C2CC(=O)N(c3ccccc3Cl)C2)c1. The van der Waals surface area contributed by atoms with Crippen molar-refractivity contribution in [1.82, 2.24) is 0 Å². The number of hydrogen-bond donors (Lipinski definition) is 2. The van der Waals surface area contributed by atoms with Gasteiger partial charge in [0, 0.05) is 25.1 Å². The number of para-hydroxylation sites is 1. The van der Waals surface area contributed by atoms with Gasteiger partial charge in [0.1, 0.15) is 0 Å². The van der Waals surface area contributed by atoms with Crippen LogP contribution in [-0.2, 0) is 20.8 Å². The molecule has 3 rings (SSSR count). The van der Waals surface area contributed by atoms with Crippen LogP contribution < -0.4 is 10.2 Å². The third-order valence-electron chi connectivity index (χ3n) is 4.46. The molecule has 1 aliphatic heterocycles. The molecule has 0 aromatic heterocycles. The van der Waals surface area contributed by atoms with Crippen LogP contribution in [0.5, 0.6) is 0 Å². The number of carbonyl (C=O) groups is 3. The Morgan fingerprint density at radius 2 is 1.96 bits per heavy atom. The summed E-state index contributed by atoms with van der Waals surface area (Å²) >= 11 is 6.16. The second-order valence-corrected chi connectivity index (χ2v) is 6.85. The fourth-order valence-electron chi connectivity index (χ4n) is 3.09. The van der Waals surface area contributed by atoms with E-state index in [0.29, 0.717) is 22.8 Å². The Kier molecular flexibility index (Phi) is 5.76. The number of rotatable bonds is 6. The lowest BCUT2D eigenvalue weighted by atomic mass is 10.1. The standard InChI is InChI=1S/C20H19ClN2O4/c21-16-6-1-2-7-17(16)23-12-14(11-18(23)24)20(27)22-15-5-3-4-13(10-15)8-9-19(25)26/h1-7,10,14H,8-9,11-12H2,(H,22,27)(H,25,26). The average Bonchev–Trinajstić information content (AvgIpc) is 3.02. The summed E-state index contributed by atoms with van der Waals surface area (Å²) in [6.45, 7) is 0.271. The summed E-state index contributed by atoms with van der Waals surface area (Å²) in [6.07, 6.45) is 0.540. The zero-order chi connectivity index (χ0) is 19.4. The number of amides is 2. The molecule has 2 aromatic carbocycles. The van der Waals surface area contributed by atoms with Crippen LogP contribution in [-0.4, -0.2) is 29.4 Å². The minimum atomic E-state index is -0.867.